The van der Waals surface area contributed by atoms with Gasteiger partial charge in [-0.15, -0.1) is 0 Å². The molecule has 1 saturated heterocycles. The summed E-state index contributed by atoms with van der Waals surface area (Å²) < 4.78 is 11.0. The van der Waals surface area contributed by atoms with Crippen LogP contribution >= 0.6 is 0 Å². The number of hydrogen-bond acceptors (Lipinski definition) is 5. The van der Waals surface area contributed by atoms with E-state index in [1.54, 1.807) is 11.8 Å². The van der Waals surface area contributed by atoms with Crippen molar-refractivity contribution in [2.45, 2.75) is 20.0 Å². The molecule has 2 aromatic rings. The molecule has 116 valence electrons. The second kappa shape index (κ2) is 6.05. The predicted octanol–water partition coefficient (Wildman–Crippen LogP) is 1.84. The fourth-order valence-electron chi connectivity index (χ4n) is 2.25. The maximum Gasteiger partial charge on any atom is 0.317 e. The topological polar surface area (TPSA) is 80.5 Å². The van der Waals surface area contributed by atoms with E-state index in [4.69, 9.17) is 9.26 Å². The van der Waals surface area contributed by atoms with Crippen molar-refractivity contribution in [3.05, 3.63) is 30.1 Å². The molecule has 22 heavy (non-hydrogen) atoms. The smallest absolute Gasteiger partial charge is 0.317 e. The van der Waals surface area contributed by atoms with Crippen LogP contribution in [0.5, 0.6) is 5.75 Å². The first-order chi connectivity index (χ1) is 10.7. The van der Waals surface area contributed by atoms with Crippen LogP contribution in [-0.4, -0.2) is 46.8 Å². The van der Waals surface area contributed by atoms with Gasteiger partial charge in [-0.1, -0.05) is 11.2 Å². The Hall–Kier alpha value is -2.57. The first kappa shape index (κ1) is 14.4. The molecule has 0 unspecified atom stereocenters. The molecule has 0 radical (unpaired) electrons. The van der Waals surface area contributed by atoms with Gasteiger partial charge in [0.2, 0.25) is 0 Å². The Morgan fingerprint density at radius 1 is 1.50 bits per heavy atom. The number of aromatic nitrogens is 2. The summed E-state index contributed by atoms with van der Waals surface area (Å²) in [5.74, 6) is 1.80. The molecule has 1 aliphatic heterocycles. The summed E-state index contributed by atoms with van der Waals surface area (Å²) in [7, 11) is 0. The zero-order chi connectivity index (χ0) is 15.5. The number of aryl methyl sites for hydroxylation is 1. The zero-order valence-electron chi connectivity index (χ0n) is 12.6. The lowest BCUT2D eigenvalue weighted by molar-refractivity contribution is 0.0447. The molecule has 3 rings (SSSR count). The number of nitrogens with one attached hydrogen (secondary N) is 1. The van der Waals surface area contributed by atoms with Crippen molar-refractivity contribution >= 4 is 6.03 Å². The Kier molecular flexibility index (Phi) is 3.95. The van der Waals surface area contributed by atoms with Crippen LogP contribution in [0.15, 0.2) is 28.8 Å². The molecule has 0 atom stereocenters. The minimum Gasteiger partial charge on any atom is -0.487 e. The summed E-state index contributed by atoms with van der Waals surface area (Å²) >= 11 is 0. The number of carbonyl (C=O) groups excluding carboxylic acids is 1. The largest absolute Gasteiger partial charge is 0.487 e. The third kappa shape index (κ3) is 3.03. The summed E-state index contributed by atoms with van der Waals surface area (Å²) in [4.78, 5) is 17.5. The molecule has 1 aromatic carbocycles. The first-order valence-corrected chi connectivity index (χ1v) is 7.26. The Bertz CT molecular complexity index is 664. The van der Waals surface area contributed by atoms with E-state index in [1.165, 1.54) is 0 Å². The van der Waals surface area contributed by atoms with E-state index < -0.39 is 0 Å². The molecular formula is C15H18N4O3. The summed E-state index contributed by atoms with van der Waals surface area (Å²) in [5.41, 5.74) is 0.818. The SMILES string of the molecule is CCNC(=O)N1CC(Oc2cccc(-c3nc(C)no3)c2)C1. The number of nitrogens with zero attached hydrogens (tertiary/aromatic N) is 3. The average molecular weight is 302 g/mol. The molecule has 1 aliphatic rings. The van der Waals surface area contributed by atoms with Crippen LogP contribution in [0.25, 0.3) is 11.5 Å². The Morgan fingerprint density at radius 3 is 3.00 bits per heavy atom. The number of ether oxygens (including phenoxy) is 1. The minimum atomic E-state index is -0.0440. The van der Waals surface area contributed by atoms with Crippen molar-refractivity contribution in [3.63, 3.8) is 0 Å². The summed E-state index contributed by atoms with van der Waals surface area (Å²) in [6.07, 6.45) is 0.0160. The van der Waals surface area contributed by atoms with Gasteiger partial charge in [0.15, 0.2) is 5.82 Å². The molecule has 0 saturated carbocycles. The highest BCUT2D eigenvalue weighted by atomic mass is 16.5. The van der Waals surface area contributed by atoms with E-state index in [-0.39, 0.29) is 12.1 Å². The van der Waals surface area contributed by atoms with E-state index in [0.717, 1.165) is 11.3 Å². The quantitative estimate of drug-likeness (QED) is 0.932. The average Bonchev–Trinajstić information content (AvgIpc) is 2.89. The molecule has 0 spiro atoms. The molecule has 0 bridgehead atoms. The van der Waals surface area contributed by atoms with Crippen molar-refractivity contribution in [2.75, 3.05) is 19.6 Å². The van der Waals surface area contributed by atoms with Gasteiger partial charge in [0.25, 0.3) is 5.89 Å². The highest BCUT2D eigenvalue weighted by molar-refractivity contribution is 5.75. The van der Waals surface area contributed by atoms with Gasteiger partial charge in [-0.05, 0) is 32.0 Å². The molecule has 2 heterocycles. The molecule has 7 heteroatoms. The summed E-state index contributed by atoms with van der Waals surface area (Å²) in [6, 6.07) is 7.47. The van der Waals surface area contributed by atoms with Gasteiger partial charge in [-0.25, -0.2) is 4.79 Å². The van der Waals surface area contributed by atoms with Crippen molar-refractivity contribution < 1.29 is 14.1 Å². The Labute approximate surface area is 128 Å². The Balaban J connectivity index is 1.59. The van der Waals surface area contributed by atoms with Gasteiger partial charge in [0.1, 0.15) is 11.9 Å². The van der Waals surface area contributed by atoms with Crippen molar-refractivity contribution in [3.8, 4) is 17.2 Å². The zero-order valence-corrected chi connectivity index (χ0v) is 12.6. The standard InChI is InChI=1S/C15H18N4O3/c1-3-16-15(20)19-8-13(9-19)21-12-6-4-5-11(7-12)14-17-10(2)18-22-14/h4-7,13H,3,8-9H2,1-2H3,(H,16,20). The van der Waals surface area contributed by atoms with Crippen LogP contribution in [0.2, 0.25) is 0 Å². The maximum atomic E-state index is 11.6. The number of rotatable bonds is 4. The molecule has 1 N–H and O–H groups in total. The number of hydrogen-bond donors (Lipinski definition) is 1. The second-order valence-electron chi connectivity index (χ2n) is 5.15. The molecular weight excluding hydrogens is 284 g/mol. The number of carbonyl (C=O) groups is 1. The predicted molar refractivity (Wildman–Crippen MR) is 79.5 cm³/mol. The van der Waals surface area contributed by atoms with Gasteiger partial charge >= 0.3 is 6.03 Å². The number of likely N-dealkylation sites (tertiary alicyclic amines) is 1. The maximum absolute atomic E-state index is 11.6. The van der Waals surface area contributed by atoms with E-state index in [9.17, 15) is 4.79 Å². The van der Waals surface area contributed by atoms with Crippen LogP contribution in [0.1, 0.15) is 12.7 Å². The lowest BCUT2D eigenvalue weighted by Crippen LogP contribution is -2.58. The molecule has 1 fully saturated rings. The van der Waals surface area contributed by atoms with Crippen LogP contribution in [0.4, 0.5) is 4.79 Å². The highest BCUT2D eigenvalue weighted by Gasteiger charge is 2.32. The number of urea groups is 1. The molecule has 2 amide bonds. The van der Waals surface area contributed by atoms with E-state index >= 15 is 0 Å². The monoisotopic (exact) mass is 302 g/mol. The van der Waals surface area contributed by atoms with Gasteiger partial charge < -0.3 is 19.5 Å². The van der Waals surface area contributed by atoms with Gasteiger partial charge in [0, 0.05) is 12.1 Å². The second-order valence-corrected chi connectivity index (χ2v) is 5.15. The lowest BCUT2D eigenvalue weighted by Gasteiger charge is -2.38. The van der Waals surface area contributed by atoms with Gasteiger partial charge in [0.05, 0.1) is 13.1 Å². The van der Waals surface area contributed by atoms with Crippen molar-refractivity contribution in [2.24, 2.45) is 0 Å². The first-order valence-electron chi connectivity index (χ1n) is 7.26. The number of benzene rings is 1. The minimum absolute atomic E-state index is 0.0160. The lowest BCUT2D eigenvalue weighted by atomic mass is 10.1. The fourth-order valence-corrected chi connectivity index (χ4v) is 2.25. The van der Waals surface area contributed by atoms with Crippen LogP contribution in [-0.2, 0) is 0 Å². The summed E-state index contributed by atoms with van der Waals surface area (Å²) in [6.45, 7) is 5.49. The van der Waals surface area contributed by atoms with Crippen LogP contribution < -0.4 is 10.1 Å². The summed E-state index contributed by atoms with van der Waals surface area (Å²) in [5, 5.41) is 6.55. The third-order valence-corrected chi connectivity index (χ3v) is 3.37. The van der Waals surface area contributed by atoms with Crippen LogP contribution in [0, 0.1) is 6.92 Å². The van der Waals surface area contributed by atoms with Gasteiger partial charge in [-0.2, -0.15) is 4.98 Å². The molecule has 0 aliphatic carbocycles. The number of amides is 2. The van der Waals surface area contributed by atoms with Crippen molar-refractivity contribution in [1.82, 2.24) is 20.4 Å². The molecule has 7 nitrogen and oxygen atoms in total. The van der Waals surface area contributed by atoms with E-state index in [2.05, 4.69) is 15.5 Å². The fraction of sp³-hybridized carbons (Fsp3) is 0.400. The third-order valence-electron chi connectivity index (χ3n) is 3.37. The van der Waals surface area contributed by atoms with E-state index in [0.29, 0.717) is 31.3 Å². The molecule has 1 aromatic heterocycles. The normalized spacial score (nSPS) is 14.5. The van der Waals surface area contributed by atoms with Crippen molar-refractivity contribution in [1.29, 1.82) is 0 Å². The van der Waals surface area contributed by atoms with Crippen LogP contribution in [0.3, 0.4) is 0 Å². The Morgan fingerprint density at radius 2 is 2.32 bits per heavy atom. The highest BCUT2D eigenvalue weighted by Crippen LogP contribution is 2.24. The van der Waals surface area contributed by atoms with E-state index in [1.807, 2.05) is 31.2 Å². The van der Waals surface area contributed by atoms with Gasteiger partial charge in [-0.3, -0.25) is 0 Å².